The molecule has 2 aromatic heterocycles. The summed E-state index contributed by atoms with van der Waals surface area (Å²) in [6.45, 7) is 7.05. The lowest BCUT2D eigenvalue weighted by Gasteiger charge is -2.12. The molecule has 1 saturated heterocycles. The number of nitrogens with one attached hydrogen (secondary N) is 1. The number of hydrogen-bond donors (Lipinski definition) is 1. The summed E-state index contributed by atoms with van der Waals surface area (Å²) in [6, 6.07) is 1.70. The van der Waals surface area contributed by atoms with E-state index in [1.165, 1.54) is 37.3 Å². The number of anilines is 1. The molecule has 0 aromatic carbocycles. The van der Waals surface area contributed by atoms with Gasteiger partial charge in [-0.15, -0.1) is 11.3 Å². The highest BCUT2D eigenvalue weighted by Gasteiger charge is 2.18. The van der Waals surface area contributed by atoms with Crippen LogP contribution in [-0.2, 0) is 6.42 Å². The Kier molecular flexibility index (Phi) is 4.54. The second-order valence-electron chi connectivity index (χ2n) is 5.60. The normalized spacial score (nSPS) is 15.4. The van der Waals surface area contributed by atoms with Crippen LogP contribution in [0, 0.1) is 13.8 Å². The molecule has 3 rings (SSSR count). The van der Waals surface area contributed by atoms with Gasteiger partial charge in [-0.3, -0.25) is 4.79 Å². The maximum absolute atomic E-state index is 12.3. The number of thiazole rings is 1. The number of hydrogen-bond acceptors (Lipinski definition) is 6. The number of aryl methyl sites for hydroxylation is 2. The molecular formula is C15H20N4O2S. The molecule has 1 fully saturated rings. The molecule has 1 aliphatic heterocycles. The maximum Gasteiger partial charge on any atom is 0.268 e. The van der Waals surface area contributed by atoms with Gasteiger partial charge in [0.1, 0.15) is 10.6 Å². The molecular weight excluding hydrogens is 300 g/mol. The molecule has 118 valence electrons. The molecule has 22 heavy (non-hydrogen) atoms. The third-order valence-corrected chi connectivity index (χ3v) is 4.97. The van der Waals surface area contributed by atoms with Crippen LogP contribution >= 0.6 is 11.3 Å². The Balaban J connectivity index is 1.62. The Bertz CT molecular complexity index is 658. The van der Waals surface area contributed by atoms with Crippen molar-refractivity contribution in [2.24, 2.45) is 0 Å². The Morgan fingerprint density at radius 3 is 2.86 bits per heavy atom. The average molecular weight is 320 g/mol. The SMILES string of the molecule is Cc1cc(NC(=O)c2sc(CCN3CCCC3)nc2C)no1. The van der Waals surface area contributed by atoms with Crippen molar-refractivity contribution in [2.75, 3.05) is 25.0 Å². The third kappa shape index (κ3) is 3.53. The van der Waals surface area contributed by atoms with Crippen LogP contribution in [0.1, 0.15) is 39.0 Å². The predicted molar refractivity (Wildman–Crippen MR) is 85.4 cm³/mol. The number of carbonyl (C=O) groups excluding carboxylic acids is 1. The number of amides is 1. The number of aromatic nitrogens is 2. The van der Waals surface area contributed by atoms with Gasteiger partial charge >= 0.3 is 0 Å². The van der Waals surface area contributed by atoms with Gasteiger partial charge in [0, 0.05) is 19.0 Å². The van der Waals surface area contributed by atoms with E-state index in [0.717, 1.165) is 23.7 Å². The summed E-state index contributed by atoms with van der Waals surface area (Å²) in [5.74, 6) is 0.937. The van der Waals surface area contributed by atoms with E-state index < -0.39 is 0 Å². The fourth-order valence-electron chi connectivity index (χ4n) is 2.63. The highest BCUT2D eigenvalue weighted by molar-refractivity contribution is 7.13. The highest BCUT2D eigenvalue weighted by atomic mass is 32.1. The fourth-order valence-corrected chi connectivity index (χ4v) is 3.58. The van der Waals surface area contributed by atoms with Crippen molar-refractivity contribution in [1.82, 2.24) is 15.0 Å². The number of likely N-dealkylation sites (tertiary alicyclic amines) is 1. The molecule has 7 heteroatoms. The molecule has 0 unspecified atom stereocenters. The van der Waals surface area contributed by atoms with Gasteiger partial charge in [0.15, 0.2) is 5.82 Å². The summed E-state index contributed by atoms with van der Waals surface area (Å²) < 4.78 is 4.95. The maximum atomic E-state index is 12.3. The van der Waals surface area contributed by atoms with Gasteiger partial charge < -0.3 is 14.7 Å². The van der Waals surface area contributed by atoms with Crippen LogP contribution in [0.3, 0.4) is 0 Å². The molecule has 0 aliphatic carbocycles. The van der Waals surface area contributed by atoms with Crippen LogP contribution < -0.4 is 5.32 Å². The minimum absolute atomic E-state index is 0.171. The Morgan fingerprint density at radius 1 is 1.41 bits per heavy atom. The average Bonchev–Trinajstić information content (AvgIpc) is 3.18. The highest BCUT2D eigenvalue weighted by Crippen LogP contribution is 2.21. The summed E-state index contributed by atoms with van der Waals surface area (Å²) in [5, 5.41) is 7.54. The summed E-state index contributed by atoms with van der Waals surface area (Å²) in [4.78, 5) is 19.9. The van der Waals surface area contributed by atoms with Crippen molar-refractivity contribution in [3.8, 4) is 0 Å². The number of carbonyl (C=O) groups is 1. The first-order chi connectivity index (χ1) is 10.6. The molecule has 2 aromatic rings. The zero-order valence-electron chi connectivity index (χ0n) is 12.9. The second-order valence-corrected chi connectivity index (χ2v) is 6.68. The molecule has 1 N–H and O–H groups in total. The van der Waals surface area contributed by atoms with Crippen molar-refractivity contribution >= 4 is 23.1 Å². The molecule has 1 amide bonds. The minimum atomic E-state index is -0.171. The fraction of sp³-hybridized carbons (Fsp3) is 0.533. The van der Waals surface area contributed by atoms with Crippen LogP contribution in [0.2, 0.25) is 0 Å². The van der Waals surface area contributed by atoms with Gasteiger partial charge in [0.2, 0.25) is 0 Å². The van der Waals surface area contributed by atoms with E-state index in [1.807, 2.05) is 6.92 Å². The zero-order valence-corrected chi connectivity index (χ0v) is 13.7. The van der Waals surface area contributed by atoms with E-state index in [0.29, 0.717) is 16.5 Å². The first-order valence-corrected chi connectivity index (χ1v) is 8.37. The topological polar surface area (TPSA) is 71.3 Å². The van der Waals surface area contributed by atoms with Gasteiger partial charge in [0.05, 0.1) is 10.7 Å². The smallest absolute Gasteiger partial charge is 0.268 e. The van der Waals surface area contributed by atoms with Crippen LogP contribution in [0.5, 0.6) is 0 Å². The summed E-state index contributed by atoms with van der Waals surface area (Å²) in [5.41, 5.74) is 0.777. The molecule has 3 heterocycles. The molecule has 0 bridgehead atoms. The lowest BCUT2D eigenvalue weighted by molar-refractivity contribution is 0.102. The summed E-state index contributed by atoms with van der Waals surface area (Å²) in [7, 11) is 0. The van der Waals surface area contributed by atoms with Crippen LogP contribution in [0.25, 0.3) is 0 Å². The summed E-state index contributed by atoms with van der Waals surface area (Å²) >= 11 is 1.47. The first-order valence-electron chi connectivity index (χ1n) is 7.55. The van der Waals surface area contributed by atoms with Crippen molar-refractivity contribution in [2.45, 2.75) is 33.1 Å². The monoisotopic (exact) mass is 320 g/mol. The Hall–Kier alpha value is -1.73. The Morgan fingerprint density at radius 2 is 2.18 bits per heavy atom. The quantitative estimate of drug-likeness (QED) is 0.917. The standard InChI is InChI=1S/C15H20N4O2S/c1-10-9-12(18-21-10)17-15(20)14-11(2)16-13(22-14)5-8-19-6-3-4-7-19/h9H,3-8H2,1-2H3,(H,17,18,20). The van der Waals surface area contributed by atoms with Gasteiger partial charge in [-0.2, -0.15) is 0 Å². The second kappa shape index (κ2) is 6.58. The molecule has 0 atom stereocenters. The number of rotatable bonds is 5. The van der Waals surface area contributed by atoms with Gasteiger partial charge in [-0.05, 0) is 39.8 Å². The lowest BCUT2D eigenvalue weighted by Crippen LogP contribution is -2.21. The Labute approximate surface area is 133 Å². The molecule has 1 aliphatic rings. The van der Waals surface area contributed by atoms with Gasteiger partial charge in [0.25, 0.3) is 5.91 Å². The van der Waals surface area contributed by atoms with Crippen molar-refractivity contribution in [3.05, 3.63) is 27.4 Å². The summed E-state index contributed by atoms with van der Waals surface area (Å²) in [6.07, 6.45) is 3.49. The van der Waals surface area contributed by atoms with Crippen LogP contribution in [0.4, 0.5) is 5.82 Å². The molecule has 0 saturated carbocycles. The molecule has 0 radical (unpaired) electrons. The van der Waals surface area contributed by atoms with Crippen LogP contribution in [-0.4, -0.2) is 40.6 Å². The van der Waals surface area contributed by atoms with Gasteiger partial charge in [-0.1, -0.05) is 5.16 Å². The van der Waals surface area contributed by atoms with Crippen molar-refractivity contribution in [3.63, 3.8) is 0 Å². The predicted octanol–water partition coefficient (Wildman–Crippen LogP) is 2.64. The molecule has 6 nitrogen and oxygen atoms in total. The zero-order chi connectivity index (χ0) is 15.5. The van der Waals surface area contributed by atoms with Crippen molar-refractivity contribution < 1.29 is 9.32 Å². The first kappa shape index (κ1) is 15.2. The number of nitrogens with zero attached hydrogens (tertiary/aromatic N) is 3. The van der Waals surface area contributed by atoms with Crippen molar-refractivity contribution in [1.29, 1.82) is 0 Å². The lowest BCUT2D eigenvalue weighted by atomic mass is 10.3. The van der Waals surface area contributed by atoms with E-state index in [9.17, 15) is 4.79 Å². The van der Waals surface area contributed by atoms with E-state index in [-0.39, 0.29) is 5.91 Å². The largest absolute Gasteiger partial charge is 0.360 e. The third-order valence-electron chi connectivity index (χ3n) is 3.76. The minimum Gasteiger partial charge on any atom is -0.360 e. The van der Waals surface area contributed by atoms with E-state index in [2.05, 4.69) is 20.4 Å². The van der Waals surface area contributed by atoms with Crippen LogP contribution in [0.15, 0.2) is 10.6 Å². The van der Waals surface area contributed by atoms with Gasteiger partial charge in [-0.25, -0.2) is 4.98 Å². The van der Waals surface area contributed by atoms with E-state index in [1.54, 1.807) is 13.0 Å². The van der Waals surface area contributed by atoms with E-state index >= 15 is 0 Å². The molecule has 0 spiro atoms. The van der Waals surface area contributed by atoms with E-state index in [4.69, 9.17) is 4.52 Å².